The van der Waals surface area contributed by atoms with Crippen molar-refractivity contribution in [2.45, 2.75) is 13.0 Å². The Labute approximate surface area is 117 Å². The van der Waals surface area contributed by atoms with Crippen LogP contribution in [-0.2, 0) is 0 Å². The molecule has 3 rings (SSSR count). The Hall–Kier alpha value is -1.30. The normalized spacial score (nSPS) is 18.4. The van der Waals surface area contributed by atoms with Gasteiger partial charge in [0.25, 0.3) is 0 Å². The van der Waals surface area contributed by atoms with Crippen molar-refractivity contribution >= 4 is 11.3 Å². The summed E-state index contributed by atoms with van der Waals surface area (Å²) in [6.45, 7) is 6.25. The summed E-state index contributed by atoms with van der Waals surface area (Å²) in [5, 5.41) is 6.70. The molecule has 0 aromatic carbocycles. The quantitative estimate of drug-likeness (QED) is 0.927. The van der Waals surface area contributed by atoms with Crippen molar-refractivity contribution in [3.05, 3.63) is 46.2 Å². The monoisotopic (exact) mass is 274 g/mol. The van der Waals surface area contributed by atoms with Crippen LogP contribution >= 0.6 is 11.3 Å². The summed E-state index contributed by atoms with van der Waals surface area (Å²) in [4.78, 5) is 11.5. The van der Waals surface area contributed by atoms with Crippen molar-refractivity contribution < 1.29 is 0 Å². The van der Waals surface area contributed by atoms with E-state index >= 15 is 0 Å². The van der Waals surface area contributed by atoms with Gasteiger partial charge in [-0.25, -0.2) is 4.98 Å². The predicted octanol–water partition coefficient (Wildman–Crippen LogP) is 1.84. The molecule has 3 heterocycles. The molecule has 4 nitrogen and oxygen atoms in total. The molecule has 1 atom stereocenters. The van der Waals surface area contributed by atoms with Crippen LogP contribution in [0.15, 0.2) is 29.9 Å². The largest absolute Gasteiger partial charge is 0.314 e. The number of nitrogens with zero attached hydrogens (tertiary/aromatic N) is 3. The van der Waals surface area contributed by atoms with E-state index in [0.717, 1.165) is 31.9 Å². The van der Waals surface area contributed by atoms with Gasteiger partial charge in [0, 0.05) is 49.6 Å². The zero-order valence-corrected chi connectivity index (χ0v) is 11.9. The van der Waals surface area contributed by atoms with Crippen LogP contribution in [-0.4, -0.2) is 41.0 Å². The Morgan fingerprint density at radius 2 is 2.21 bits per heavy atom. The second-order valence-electron chi connectivity index (χ2n) is 4.80. The smallest absolute Gasteiger partial charge is 0.115 e. The first kappa shape index (κ1) is 12.7. The SMILES string of the molecule is Cc1csc(C(c2cccnc2)N2CCNCC2)n1. The van der Waals surface area contributed by atoms with Gasteiger partial charge in [-0.3, -0.25) is 9.88 Å². The molecule has 1 unspecified atom stereocenters. The third-order valence-electron chi connectivity index (χ3n) is 3.39. The number of aromatic nitrogens is 2. The van der Waals surface area contributed by atoms with E-state index in [4.69, 9.17) is 4.98 Å². The lowest BCUT2D eigenvalue weighted by atomic mass is 10.1. The summed E-state index contributed by atoms with van der Waals surface area (Å²) in [6.07, 6.45) is 3.79. The van der Waals surface area contributed by atoms with Crippen molar-refractivity contribution in [2.24, 2.45) is 0 Å². The molecule has 1 aliphatic rings. The maximum absolute atomic E-state index is 4.69. The second kappa shape index (κ2) is 5.77. The van der Waals surface area contributed by atoms with E-state index in [9.17, 15) is 0 Å². The zero-order valence-electron chi connectivity index (χ0n) is 11.0. The molecule has 0 radical (unpaired) electrons. The highest BCUT2D eigenvalue weighted by Crippen LogP contribution is 2.30. The summed E-state index contributed by atoms with van der Waals surface area (Å²) >= 11 is 1.75. The molecule has 0 saturated carbocycles. The Kier molecular flexibility index (Phi) is 3.87. The number of aryl methyl sites for hydroxylation is 1. The molecule has 1 N–H and O–H groups in total. The molecule has 100 valence electrons. The van der Waals surface area contributed by atoms with Crippen molar-refractivity contribution in [3.63, 3.8) is 0 Å². The molecule has 1 aliphatic heterocycles. The number of nitrogens with one attached hydrogen (secondary N) is 1. The highest BCUT2D eigenvalue weighted by atomic mass is 32.1. The van der Waals surface area contributed by atoms with Crippen LogP contribution in [0.2, 0.25) is 0 Å². The van der Waals surface area contributed by atoms with Gasteiger partial charge >= 0.3 is 0 Å². The van der Waals surface area contributed by atoms with E-state index in [1.807, 2.05) is 18.5 Å². The van der Waals surface area contributed by atoms with Gasteiger partial charge in [-0.1, -0.05) is 6.07 Å². The fourth-order valence-electron chi connectivity index (χ4n) is 2.49. The van der Waals surface area contributed by atoms with Crippen LogP contribution < -0.4 is 5.32 Å². The van der Waals surface area contributed by atoms with Crippen LogP contribution in [0.3, 0.4) is 0 Å². The van der Waals surface area contributed by atoms with Crippen LogP contribution in [0, 0.1) is 6.92 Å². The van der Waals surface area contributed by atoms with Crippen LogP contribution in [0.25, 0.3) is 0 Å². The lowest BCUT2D eigenvalue weighted by Crippen LogP contribution is -2.45. The average Bonchev–Trinajstić information content (AvgIpc) is 2.88. The fraction of sp³-hybridized carbons (Fsp3) is 0.429. The number of hydrogen-bond acceptors (Lipinski definition) is 5. The summed E-state index contributed by atoms with van der Waals surface area (Å²) in [5.41, 5.74) is 2.34. The minimum absolute atomic E-state index is 0.245. The zero-order chi connectivity index (χ0) is 13.1. The van der Waals surface area contributed by atoms with Gasteiger partial charge in [0.15, 0.2) is 0 Å². The van der Waals surface area contributed by atoms with Gasteiger partial charge in [0.2, 0.25) is 0 Å². The molecule has 2 aromatic heterocycles. The Morgan fingerprint density at radius 3 is 2.84 bits per heavy atom. The van der Waals surface area contributed by atoms with Crippen molar-refractivity contribution in [1.82, 2.24) is 20.2 Å². The maximum Gasteiger partial charge on any atom is 0.115 e. The van der Waals surface area contributed by atoms with Crippen molar-refractivity contribution in [1.29, 1.82) is 0 Å². The second-order valence-corrected chi connectivity index (χ2v) is 5.69. The topological polar surface area (TPSA) is 41.1 Å². The Morgan fingerprint density at radius 1 is 1.37 bits per heavy atom. The van der Waals surface area contributed by atoms with Gasteiger partial charge in [-0.15, -0.1) is 11.3 Å². The Bertz CT molecular complexity index is 519. The number of rotatable bonds is 3. The van der Waals surface area contributed by atoms with Gasteiger partial charge in [-0.05, 0) is 18.6 Å². The predicted molar refractivity (Wildman–Crippen MR) is 77.4 cm³/mol. The number of hydrogen-bond donors (Lipinski definition) is 1. The first-order valence-corrected chi connectivity index (χ1v) is 7.49. The van der Waals surface area contributed by atoms with Crippen molar-refractivity contribution in [3.8, 4) is 0 Å². The van der Waals surface area contributed by atoms with E-state index in [0.29, 0.717) is 0 Å². The molecule has 0 amide bonds. The van der Waals surface area contributed by atoms with Crippen LogP contribution in [0.1, 0.15) is 22.3 Å². The summed E-state index contributed by atoms with van der Waals surface area (Å²) in [5.74, 6) is 0. The number of piperazine rings is 1. The lowest BCUT2D eigenvalue weighted by molar-refractivity contribution is 0.198. The first-order valence-electron chi connectivity index (χ1n) is 6.61. The minimum Gasteiger partial charge on any atom is -0.314 e. The molecule has 2 aromatic rings. The van der Waals surface area contributed by atoms with Gasteiger partial charge in [-0.2, -0.15) is 0 Å². The van der Waals surface area contributed by atoms with E-state index in [2.05, 4.69) is 33.6 Å². The van der Waals surface area contributed by atoms with Crippen LogP contribution in [0.4, 0.5) is 0 Å². The molecule has 5 heteroatoms. The first-order chi connectivity index (χ1) is 9.34. The number of thiazole rings is 1. The Balaban J connectivity index is 1.95. The third kappa shape index (κ3) is 2.83. The van der Waals surface area contributed by atoms with Crippen molar-refractivity contribution in [2.75, 3.05) is 26.2 Å². The molecule has 0 bridgehead atoms. The lowest BCUT2D eigenvalue weighted by Gasteiger charge is -2.33. The van der Waals surface area contributed by atoms with E-state index in [1.165, 1.54) is 10.6 Å². The molecule has 1 saturated heterocycles. The van der Waals surface area contributed by atoms with Gasteiger partial charge < -0.3 is 5.32 Å². The summed E-state index contributed by atoms with van der Waals surface area (Å²) < 4.78 is 0. The molecule has 0 spiro atoms. The standard InChI is InChI=1S/C14H18N4S/c1-11-10-19-14(17-11)13(12-3-2-4-16-9-12)18-7-5-15-6-8-18/h2-4,9-10,13,15H,5-8H2,1H3. The highest BCUT2D eigenvalue weighted by molar-refractivity contribution is 7.09. The van der Waals surface area contributed by atoms with Crippen LogP contribution in [0.5, 0.6) is 0 Å². The minimum atomic E-state index is 0.245. The molecule has 19 heavy (non-hydrogen) atoms. The highest BCUT2D eigenvalue weighted by Gasteiger charge is 2.26. The molecule has 0 aliphatic carbocycles. The van der Waals surface area contributed by atoms with E-state index in [-0.39, 0.29) is 6.04 Å². The molecular formula is C14H18N4S. The van der Waals surface area contributed by atoms with Gasteiger partial charge in [0.05, 0.1) is 6.04 Å². The summed E-state index contributed by atoms with van der Waals surface area (Å²) in [7, 11) is 0. The van der Waals surface area contributed by atoms with E-state index in [1.54, 1.807) is 11.3 Å². The average molecular weight is 274 g/mol. The third-order valence-corrected chi connectivity index (χ3v) is 4.40. The summed E-state index contributed by atoms with van der Waals surface area (Å²) in [6, 6.07) is 4.40. The number of pyridine rings is 1. The molecule has 1 fully saturated rings. The van der Waals surface area contributed by atoms with Gasteiger partial charge in [0.1, 0.15) is 5.01 Å². The molecular weight excluding hydrogens is 256 g/mol. The maximum atomic E-state index is 4.69. The van der Waals surface area contributed by atoms with E-state index < -0.39 is 0 Å². The fourth-order valence-corrected chi connectivity index (χ4v) is 3.44.